The average Bonchev–Trinajstić information content (AvgIpc) is 2.95. The Morgan fingerprint density at radius 3 is 2.05 bits per heavy atom. The van der Waals surface area contributed by atoms with Crippen molar-refractivity contribution in [1.82, 2.24) is 0 Å². The van der Waals surface area contributed by atoms with Crippen LogP contribution in [0.5, 0.6) is 0 Å². The Labute approximate surface area is 127 Å². The Hall–Kier alpha value is -2.34. The Morgan fingerprint density at radius 2 is 1.24 bits per heavy atom. The van der Waals surface area contributed by atoms with Crippen molar-refractivity contribution in [3.8, 4) is 22.3 Å². The van der Waals surface area contributed by atoms with Crippen LogP contribution in [-0.2, 0) is 6.42 Å². The Balaban J connectivity index is 0.000000636. The normalized spacial score (nSPS) is 11.1. The second kappa shape index (κ2) is 5.97. The molecule has 0 aromatic heterocycles. The van der Waals surface area contributed by atoms with Crippen molar-refractivity contribution in [2.45, 2.75) is 20.3 Å². The smallest absolute Gasteiger partial charge is 0.00134 e. The maximum atomic E-state index is 2.33. The van der Waals surface area contributed by atoms with Crippen LogP contribution in [0.4, 0.5) is 0 Å². The predicted octanol–water partition coefficient (Wildman–Crippen LogP) is 5.95. The van der Waals surface area contributed by atoms with Gasteiger partial charge in [-0.15, -0.1) is 0 Å². The minimum absolute atomic E-state index is 1.07. The first-order valence-electron chi connectivity index (χ1n) is 7.68. The fourth-order valence-corrected chi connectivity index (χ4v) is 2.93. The zero-order valence-electron chi connectivity index (χ0n) is 12.6. The fraction of sp³-hybridized carbons (Fsp3) is 0.143. The molecular formula is C21H20. The van der Waals surface area contributed by atoms with Crippen LogP contribution < -0.4 is 0 Å². The molecule has 0 N–H and O–H groups in total. The molecule has 0 radical (unpaired) electrons. The molecular weight excluding hydrogens is 252 g/mol. The minimum Gasteiger partial charge on any atom is -0.0683 e. The lowest BCUT2D eigenvalue weighted by Gasteiger charge is -2.06. The second-order valence-corrected chi connectivity index (χ2v) is 5.07. The molecule has 0 aliphatic heterocycles. The van der Waals surface area contributed by atoms with Crippen LogP contribution in [0.25, 0.3) is 22.3 Å². The van der Waals surface area contributed by atoms with E-state index in [2.05, 4.69) is 72.8 Å². The summed E-state index contributed by atoms with van der Waals surface area (Å²) in [6.45, 7) is 4.00. The molecule has 21 heavy (non-hydrogen) atoms. The van der Waals surface area contributed by atoms with Gasteiger partial charge in [-0.3, -0.25) is 0 Å². The molecule has 0 unspecified atom stereocenters. The molecule has 0 saturated heterocycles. The van der Waals surface area contributed by atoms with Gasteiger partial charge in [-0.05, 0) is 45.9 Å². The van der Waals surface area contributed by atoms with E-state index in [1.807, 2.05) is 13.8 Å². The van der Waals surface area contributed by atoms with E-state index in [0.717, 1.165) is 6.42 Å². The van der Waals surface area contributed by atoms with E-state index in [1.54, 1.807) is 0 Å². The lowest BCUT2D eigenvalue weighted by molar-refractivity contribution is 1.26. The van der Waals surface area contributed by atoms with E-state index in [1.165, 1.54) is 33.4 Å². The standard InChI is InChI=1S/C19H14.C2H6/c1-2-6-14(7-3-1)15-10-11-17-12-16-8-4-5-9-18(16)19(17)13-15;1-2/h1-11,13H,12H2;1-2H3. The van der Waals surface area contributed by atoms with Gasteiger partial charge in [0.25, 0.3) is 0 Å². The number of fused-ring (bicyclic) bond motifs is 3. The summed E-state index contributed by atoms with van der Waals surface area (Å²) in [5, 5.41) is 0. The molecule has 0 heterocycles. The summed E-state index contributed by atoms with van der Waals surface area (Å²) in [7, 11) is 0. The monoisotopic (exact) mass is 272 g/mol. The third-order valence-electron chi connectivity index (χ3n) is 3.91. The minimum atomic E-state index is 1.07. The molecule has 0 bridgehead atoms. The molecule has 4 rings (SSSR count). The summed E-state index contributed by atoms with van der Waals surface area (Å²) in [6, 6.07) is 26.2. The fourth-order valence-electron chi connectivity index (χ4n) is 2.93. The van der Waals surface area contributed by atoms with Crippen molar-refractivity contribution in [2.24, 2.45) is 0 Å². The van der Waals surface area contributed by atoms with Crippen molar-refractivity contribution in [3.05, 3.63) is 83.9 Å². The molecule has 3 aromatic carbocycles. The van der Waals surface area contributed by atoms with Crippen LogP contribution in [0.15, 0.2) is 72.8 Å². The summed E-state index contributed by atoms with van der Waals surface area (Å²) in [6.07, 6.45) is 1.07. The Bertz CT molecular complexity index is 739. The quantitative estimate of drug-likeness (QED) is 0.401. The van der Waals surface area contributed by atoms with Gasteiger partial charge in [0.05, 0.1) is 0 Å². The van der Waals surface area contributed by atoms with Crippen molar-refractivity contribution in [2.75, 3.05) is 0 Å². The highest BCUT2D eigenvalue weighted by Gasteiger charge is 2.17. The van der Waals surface area contributed by atoms with E-state index in [9.17, 15) is 0 Å². The van der Waals surface area contributed by atoms with E-state index < -0.39 is 0 Å². The van der Waals surface area contributed by atoms with Crippen LogP contribution >= 0.6 is 0 Å². The number of rotatable bonds is 1. The third kappa shape index (κ3) is 2.50. The lowest BCUT2D eigenvalue weighted by Crippen LogP contribution is -1.82. The Kier molecular flexibility index (Phi) is 3.87. The molecule has 0 atom stereocenters. The van der Waals surface area contributed by atoms with Crippen molar-refractivity contribution >= 4 is 0 Å². The van der Waals surface area contributed by atoms with Gasteiger partial charge in [-0.25, -0.2) is 0 Å². The van der Waals surface area contributed by atoms with Gasteiger partial charge in [0, 0.05) is 0 Å². The van der Waals surface area contributed by atoms with E-state index in [-0.39, 0.29) is 0 Å². The zero-order chi connectivity index (χ0) is 14.7. The van der Waals surface area contributed by atoms with Crippen molar-refractivity contribution < 1.29 is 0 Å². The van der Waals surface area contributed by atoms with E-state index >= 15 is 0 Å². The van der Waals surface area contributed by atoms with Gasteiger partial charge < -0.3 is 0 Å². The van der Waals surface area contributed by atoms with Crippen LogP contribution in [0.3, 0.4) is 0 Å². The van der Waals surface area contributed by atoms with Gasteiger partial charge in [-0.2, -0.15) is 0 Å². The lowest BCUT2D eigenvalue weighted by atomic mass is 9.99. The molecule has 104 valence electrons. The van der Waals surface area contributed by atoms with Crippen LogP contribution in [0, 0.1) is 0 Å². The number of benzene rings is 3. The summed E-state index contributed by atoms with van der Waals surface area (Å²) in [5.74, 6) is 0. The molecule has 0 fully saturated rings. The molecule has 0 spiro atoms. The largest absolute Gasteiger partial charge is 0.0683 e. The van der Waals surface area contributed by atoms with Crippen LogP contribution in [0.2, 0.25) is 0 Å². The molecule has 1 aliphatic rings. The molecule has 1 aliphatic carbocycles. The van der Waals surface area contributed by atoms with Gasteiger partial charge in [0.1, 0.15) is 0 Å². The molecule has 0 nitrogen and oxygen atoms in total. The van der Waals surface area contributed by atoms with Crippen molar-refractivity contribution in [3.63, 3.8) is 0 Å². The first-order valence-corrected chi connectivity index (χ1v) is 7.68. The summed E-state index contributed by atoms with van der Waals surface area (Å²) in [4.78, 5) is 0. The van der Waals surface area contributed by atoms with Crippen molar-refractivity contribution in [1.29, 1.82) is 0 Å². The SMILES string of the molecule is CC.c1ccc(-c2ccc3c(c2)-c2ccccc2C3)cc1. The maximum absolute atomic E-state index is 2.33. The predicted molar refractivity (Wildman–Crippen MR) is 91.5 cm³/mol. The second-order valence-electron chi connectivity index (χ2n) is 5.07. The van der Waals surface area contributed by atoms with E-state index in [0.29, 0.717) is 0 Å². The molecule has 0 amide bonds. The summed E-state index contributed by atoms with van der Waals surface area (Å²) < 4.78 is 0. The summed E-state index contributed by atoms with van der Waals surface area (Å²) in [5.41, 5.74) is 8.28. The van der Waals surface area contributed by atoms with Gasteiger partial charge in [0.15, 0.2) is 0 Å². The van der Waals surface area contributed by atoms with Crippen LogP contribution in [-0.4, -0.2) is 0 Å². The molecule has 0 heteroatoms. The van der Waals surface area contributed by atoms with Gasteiger partial charge in [0.2, 0.25) is 0 Å². The first-order chi connectivity index (χ1) is 10.4. The topological polar surface area (TPSA) is 0 Å². The van der Waals surface area contributed by atoms with Crippen LogP contribution in [0.1, 0.15) is 25.0 Å². The molecule has 3 aromatic rings. The average molecular weight is 272 g/mol. The maximum Gasteiger partial charge on any atom is -0.00134 e. The third-order valence-corrected chi connectivity index (χ3v) is 3.91. The Morgan fingerprint density at radius 1 is 0.571 bits per heavy atom. The van der Waals surface area contributed by atoms with Gasteiger partial charge in [-0.1, -0.05) is 80.6 Å². The molecule has 0 saturated carbocycles. The van der Waals surface area contributed by atoms with Gasteiger partial charge >= 0.3 is 0 Å². The highest BCUT2D eigenvalue weighted by Crippen LogP contribution is 2.38. The highest BCUT2D eigenvalue weighted by molar-refractivity contribution is 5.81. The highest BCUT2D eigenvalue weighted by atomic mass is 14.2. The first kappa shape index (κ1) is 13.6. The number of hydrogen-bond acceptors (Lipinski definition) is 0. The van der Waals surface area contributed by atoms with E-state index in [4.69, 9.17) is 0 Å². The number of hydrogen-bond donors (Lipinski definition) is 0. The zero-order valence-corrected chi connectivity index (χ0v) is 12.6. The summed E-state index contributed by atoms with van der Waals surface area (Å²) >= 11 is 0.